The maximum absolute atomic E-state index is 14.7. The van der Waals surface area contributed by atoms with Gasteiger partial charge in [-0.3, -0.25) is 0 Å². The Kier molecular flexibility index (Phi) is 7.72. The standard InChI is InChI=1S/C22H25ClFN5O3S/c1-13(2)33(30,31)19-6-4-5-16(24)20(19)28-21-15(23)12-26-22(29-21)27-17-11-14(9-10-25)7-8-18(17)32-3/h4-8,11-13H,9-10,25H2,1-3H3,(H2,26,27,28,29). The van der Waals surface area contributed by atoms with Crippen LogP contribution < -0.4 is 21.1 Å². The highest BCUT2D eigenvalue weighted by Crippen LogP contribution is 2.33. The van der Waals surface area contributed by atoms with E-state index < -0.39 is 20.9 Å². The number of methoxy groups -OCH3 is 1. The van der Waals surface area contributed by atoms with Gasteiger partial charge in [0.25, 0.3) is 0 Å². The molecule has 0 saturated heterocycles. The van der Waals surface area contributed by atoms with Crippen molar-refractivity contribution in [3.63, 3.8) is 0 Å². The monoisotopic (exact) mass is 493 g/mol. The second-order valence-corrected chi connectivity index (χ2v) is 10.3. The fourth-order valence-electron chi connectivity index (χ4n) is 3.05. The molecule has 1 aromatic heterocycles. The highest BCUT2D eigenvalue weighted by atomic mass is 35.5. The van der Waals surface area contributed by atoms with Crippen molar-refractivity contribution in [1.29, 1.82) is 0 Å². The number of para-hydroxylation sites is 1. The second kappa shape index (κ2) is 10.3. The number of aromatic nitrogens is 2. The van der Waals surface area contributed by atoms with Crippen LogP contribution in [0.2, 0.25) is 5.02 Å². The molecule has 0 unspecified atom stereocenters. The van der Waals surface area contributed by atoms with Crippen molar-refractivity contribution >= 4 is 44.6 Å². The van der Waals surface area contributed by atoms with Gasteiger partial charge in [0.2, 0.25) is 5.95 Å². The maximum atomic E-state index is 14.7. The number of nitrogens with one attached hydrogen (secondary N) is 2. The highest BCUT2D eigenvalue weighted by molar-refractivity contribution is 7.92. The average molecular weight is 494 g/mol. The third-order valence-corrected chi connectivity index (χ3v) is 7.30. The molecule has 0 bridgehead atoms. The Bertz CT molecular complexity index is 1250. The van der Waals surface area contributed by atoms with Gasteiger partial charge >= 0.3 is 0 Å². The molecule has 0 saturated carbocycles. The first kappa shape index (κ1) is 24.7. The normalized spacial score (nSPS) is 11.5. The number of hydrogen-bond donors (Lipinski definition) is 3. The predicted octanol–water partition coefficient (Wildman–Crippen LogP) is 4.45. The Morgan fingerprint density at radius 2 is 1.97 bits per heavy atom. The molecule has 0 fully saturated rings. The smallest absolute Gasteiger partial charge is 0.229 e. The SMILES string of the molecule is COc1ccc(CCN)cc1Nc1ncc(Cl)c(Nc2c(F)cccc2S(=O)(=O)C(C)C)n1. The minimum Gasteiger partial charge on any atom is -0.495 e. The third-order valence-electron chi connectivity index (χ3n) is 4.83. The lowest BCUT2D eigenvalue weighted by Crippen LogP contribution is -2.16. The summed E-state index contributed by atoms with van der Waals surface area (Å²) in [6.07, 6.45) is 2.00. The zero-order valence-corrected chi connectivity index (χ0v) is 20.0. The molecule has 176 valence electrons. The molecule has 0 radical (unpaired) electrons. The van der Waals surface area contributed by atoms with Crippen molar-refractivity contribution in [2.24, 2.45) is 5.73 Å². The molecule has 1 heterocycles. The fourth-order valence-corrected chi connectivity index (χ4v) is 4.39. The van der Waals surface area contributed by atoms with Gasteiger partial charge in [0.05, 0.1) is 34.8 Å². The van der Waals surface area contributed by atoms with Crippen molar-refractivity contribution in [3.8, 4) is 5.75 Å². The summed E-state index contributed by atoms with van der Waals surface area (Å²) in [6.45, 7) is 3.54. The van der Waals surface area contributed by atoms with E-state index in [1.165, 1.54) is 39.3 Å². The Hall–Kier alpha value is -2.95. The van der Waals surface area contributed by atoms with Crippen LogP contribution >= 0.6 is 11.6 Å². The molecule has 0 aliphatic heterocycles. The molecule has 3 rings (SSSR count). The van der Waals surface area contributed by atoms with Crippen LogP contribution in [-0.2, 0) is 16.3 Å². The maximum Gasteiger partial charge on any atom is 0.229 e. The minimum absolute atomic E-state index is 0.0385. The van der Waals surface area contributed by atoms with Crippen LogP contribution in [0.4, 0.5) is 27.5 Å². The summed E-state index contributed by atoms with van der Waals surface area (Å²) < 4.78 is 45.5. The lowest BCUT2D eigenvalue weighted by atomic mass is 10.1. The van der Waals surface area contributed by atoms with E-state index in [0.29, 0.717) is 24.4 Å². The van der Waals surface area contributed by atoms with Gasteiger partial charge in [0.1, 0.15) is 16.6 Å². The molecule has 2 aromatic carbocycles. The van der Waals surface area contributed by atoms with Gasteiger partial charge < -0.3 is 21.1 Å². The Morgan fingerprint density at radius 3 is 2.64 bits per heavy atom. The Morgan fingerprint density at radius 1 is 1.21 bits per heavy atom. The number of ether oxygens (including phenoxy) is 1. The number of nitrogens with zero attached hydrogens (tertiary/aromatic N) is 2. The number of halogens is 2. The van der Waals surface area contributed by atoms with E-state index >= 15 is 0 Å². The molecular weight excluding hydrogens is 469 g/mol. The summed E-state index contributed by atoms with van der Waals surface area (Å²) in [6, 6.07) is 9.39. The van der Waals surface area contributed by atoms with Crippen LogP contribution in [-0.4, -0.2) is 37.3 Å². The molecule has 8 nitrogen and oxygen atoms in total. The number of anilines is 4. The van der Waals surface area contributed by atoms with E-state index in [2.05, 4.69) is 20.6 Å². The lowest BCUT2D eigenvalue weighted by molar-refractivity contribution is 0.416. The molecule has 0 amide bonds. The summed E-state index contributed by atoms with van der Waals surface area (Å²) in [4.78, 5) is 8.30. The molecule has 0 atom stereocenters. The molecule has 0 aliphatic carbocycles. The van der Waals surface area contributed by atoms with Crippen molar-refractivity contribution in [3.05, 3.63) is 59.0 Å². The summed E-state index contributed by atoms with van der Waals surface area (Å²) >= 11 is 6.23. The van der Waals surface area contributed by atoms with Crippen LogP contribution in [0.1, 0.15) is 19.4 Å². The molecule has 3 aromatic rings. The number of sulfone groups is 1. The summed E-state index contributed by atoms with van der Waals surface area (Å²) in [5.74, 6) is -0.00780. The number of benzene rings is 2. The first-order valence-corrected chi connectivity index (χ1v) is 12.1. The Labute approximate surface area is 197 Å². The zero-order valence-electron chi connectivity index (χ0n) is 18.4. The van der Waals surface area contributed by atoms with Crippen molar-refractivity contribution < 1.29 is 17.5 Å². The van der Waals surface area contributed by atoms with E-state index in [1.54, 1.807) is 6.07 Å². The summed E-state index contributed by atoms with van der Waals surface area (Å²) in [7, 11) is -2.24. The largest absolute Gasteiger partial charge is 0.495 e. The van der Waals surface area contributed by atoms with E-state index in [1.807, 2.05) is 12.1 Å². The van der Waals surface area contributed by atoms with E-state index in [4.69, 9.17) is 22.1 Å². The fraction of sp³-hybridized carbons (Fsp3) is 0.273. The number of rotatable bonds is 9. The quantitative estimate of drug-likeness (QED) is 0.400. The van der Waals surface area contributed by atoms with Gasteiger partial charge in [-0.25, -0.2) is 17.8 Å². The van der Waals surface area contributed by atoms with Gasteiger partial charge in [-0.2, -0.15) is 4.98 Å². The minimum atomic E-state index is -3.77. The van der Waals surface area contributed by atoms with E-state index in [-0.39, 0.29) is 27.4 Å². The van der Waals surface area contributed by atoms with Gasteiger partial charge in [-0.05, 0) is 56.6 Å². The van der Waals surface area contributed by atoms with Crippen molar-refractivity contribution in [1.82, 2.24) is 9.97 Å². The number of nitrogens with two attached hydrogens (primary N) is 1. The topological polar surface area (TPSA) is 119 Å². The number of hydrogen-bond acceptors (Lipinski definition) is 8. The van der Waals surface area contributed by atoms with E-state index in [0.717, 1.165) is 11.6 Å². The zero-order chi connectivity index (χ0) is 24.2. The molecule has 0 aliphatic rings. The predicted molar refractivity (Wildman–Crippen MR) is 128 cm³/mol. The third kappa shape index (κ3) is 5.52. The summed E-state index contributed by atoms with van der Waals surface area (Å²) in [5.41, 5.74) is 7.00. The van der Waals surface area contributed by atoms with Crippen LogP contribution in [0.25, 0.3) is 0 Å². The molecular formula is C22H25ClFN5O3S. The first-order valence-electron chi connectivity index (χ1n) is 10.1. The van der Waals surface area contributed by atoms with E-state index in [9.17, 15) is 12.8 Å². The molecule has 0 spiro atoms. The average Bonchev–Trinajstić information content (AvgIpc) is 2.77. The van der Waals surface area contributed by atoms with Crippen molar-refractivity contribution in [2.45, 2.75) is 30.4 Å². The van der Waals surface area contributed by atoms with Gasteiger partial charge in [-0.15, -0.1) is 0 Å². The summed E-state index contributed by atoms with van der Waals surface area (Å²) in [5, 5.41) is 5.13. The van der Waals surface area contributed by atoms with Crippen LogP contribution in [0.15, 0.2) is 47.5 Å². The van der Waals surface area contributed by atoms with Gasteiger partial charge in [0.15, 0.2) is 15.7 Å². The van der Waals surface area contributed by atoms with Crippen molar-refractivity contribution in [2.75, 3.05) is 24.3 Å². The van der Waals surface area contributed by atoms with Gasteiger partial charge in [0, 0.05) is 0 Å². The molecule has 4 N–H and O–H groups in total. The second-order valence-electron chi connectivity index (χ2n) is 7.42. The Balaban J connectivity index is 1.99. The lowest BCUT2D eigenvalue weighted by Gasteiger charge is -2.16. The highest BCUT2D eigenvalue weighted by Gasteiger charge is 2.25. The molecule has 11 heteroatoms. The van der Waals surface area contributed by atoms with Crippen LogP contribution in [0.5, 0.6) is 5.75 Å². The van der Waals surface area contributed by atoms with Gasteiger partial charge in [-0.1, -0.05) is 23.7 Å². The first-order chi connectivity index (χ1) is 15.7. The molecule has 33 heavy (non-hydrogen) atoms. The van der Waals surface area contributed by atoms with Crippen LogP contribution in [0.3, 0.4) is 0 Å². The van der Waals surface area contributed by atoms with Crippen LogP contribution in [0, 0.1) is 5.82 Å².